The number of methoxy groups -OCH3 is 1. The number of nitrogens with one attached hydrogen (secondary N) is 1. The van der Waals surface area contributed by atoms with Gasteiger partial charge in [-0.3, -0.25) is 14.9 Å². The fraction of sp³-hybridized carbons (Fsp3) is 0.133. The highest BCUT2D eigenvalue weighted by molar-refractivity contribution is 6.44. The van der Waals surface area contributed by atoms with Crippen molar-refractivity contribution in [2.24, 2.45) is 0 Å². The number of non-ortho nitro benzene ring substituents is 1. The Balaban J connectivity index is 2.05. The standard InChI is InChI=1S/C15H11Cl3N2O5/c1-24-14-4-8(20(22)23)2-3-13(14)25-7-15(21)19-12-6-10(17)9(16)5-11(12)18/h2-6H,7H2,1H3,(H,19,21). The van der Waals surface area contributed by atoms with E-state index < -0.39 is 10.8 Å². The number of rotatable bonds is 6. The van der Waals surface area contributed by atoms with Crippen molar-refractivity contribution < 1.29 is 19.2 Å². The summed E-state index contributed by atoms with van der Waals surface area (Å²) in [5, 5.41) is 14.0. The number of hydrogen-bond acceptors (Lipinski definition) is 5. The summed E-state index contributed by atoms with van der Waals surface area (Å²) >= 11 is 17.7. The maximum absolute atomic E-state index is 12.0. The molecule has 25 heavy (non-hydrogen) atoms. The van der Waals surface area contributed by atoms with Crippen LogP contribution in [0.5, 0.6) is 11.5 Å². The van der Waals surface area contributed by atoms with Crippen molar-refractivity contribution in [2.75, 3.05) is 19.0 Å². The van der Waals surface area contributed by atoms with Crippen LogP contribution in [0.1, 0.15) is 0 Å². The van der Waals surface area contributed by atoms with Gasteiger partial charge in [-0.25, -0.2) is 0 Å². The zero-order valence-corrected chi connectivity index (χ0v) is 15.0. The maximum atomic E-state index is 12.0. The molecule has 0 aliphatic rings. The van der Waals surface area contributed by atoms with E-state index in [-0.39, 0.29) is 44.5 Å². The summed E-state index contributed by atoms with van der Waals surface area (Å²) < 4.78 is 10.3. The first-order valence-electron chi connectivity index (χ1n) is 6.71. The first-order valence-corrected chi connectivity index (χ1v) is 7.85. The van der Waals surface area contributed by atoms with Crippen molar-refractivity contribution in [3.8, 4) is 11.5 Å². The zero-order chi connectivity index (χ0) is 18.6. The van der Waals surface area contributed by atoms with Gasteiger partial charge in [-0.2, -0.15) is 0 Å². The molecule has 0 saturated carbocycles. The summed E-state index contributed by atoms with van der Waals surface area (Å²) in [7, 11) is 1.33. The fourth-order valence-corrected chi connectivity index (χ4v) is 2.43. The highest BCUT2D eigenvalue weighted by atomic mass is 35.5. The second-order valence-electron chi connectivity index (χ2n) is 4.68. The molecule has 10 heteroatoms. The Bertz CT molecular complexity index is 829. The van der Waals surface area contributed by atoms with E-state index in [9.17, 15) is 14.9 Å². The molecule has 2 rings (SSSR count). The van der Waals surface area contributed by atoms with Gasteiger partial charge >= 0.3 is 0 Å². The molecule has 0 aliphatic heterocycles. The summed E-state index contributed by atoms with van der Waals surface area (Å²) in [5.41, 5.74) is 0.122. The molecule has 2 aromatic carbocycles. The lowest BCUT2D eigenvalue weighted by Gasteiger charge is -2.12. The van der Waals surface area contributed by atoms with Crippen molar-refractivity contribution in [3.05, 3.63) is 55.5 Å². The molecule has 0 radical (unpaired) electrons. The minimum absolute atomic E-state index is 0.134. The van der Waals surface area contributed by atoms with Gasteiger partial charge < -0.3 is 14.8 Å². The van der Waals surface area contributed by atoms with Gasteiger partial charge in [0.15, 0.2) is 18.1 Å². The lowest BCUT2D eigenvalue weighted by Crippen LogP contribution is -2.20. The van der Waals surface area contributed by atoms with E-state index in [2.05, 4.69) is 5.32 Å². The average Bonchev–Trinajstić information content (AvgIpc) is 2.57. The van der Waals surface area contributed by atoms with E-state index in [1.54, 1.807) is 0 Å². The number of nitro groups is 1. The molecule has 0 spiro atoms. The molecule has 0 saturated heterocycles. The maximum Gasteiger partial charge on any atom is 0.273 e. The van der Waals surface area contributed by atoms with Gasteiger partial charge in [0.1, 0.15) is 0 Å². The van der Waals surface area contributed by atoms with Gasteiger partial charge in [0.2, 0.25) is 0 Å². The van der Waals surface area contributed by atoms with E-state index >= 15 is 0 Å². The number of benzene rings is 2. The van der Waals surface area contributed by atoms with Gasteiger partial charge in [0, 0.05) is 6.07 Å². The molecule has 0 atom stereocenters. The third kappa shape index (κ3) is 4.88. The minimum Gasteiger partial charge on any atom is -0.493 e. The van der Waals surface area contributed by atoms with E-state index in [4.69, 9.17) is 44.3 Å². The van der Waals surface area contributed by atoms with Crippen molar-refractivity contribution in [2.45, 2.75) is 0 Å². The Kier molecular flexibility index (Phi) is 6.30. The minimum atomic E-state index is -0.564. The monoisotopic (exact) mass is 404 g/mol. The topological polar surface area (TPSA) is 90.7 Å². The lowest BCUT2D eigenvalue weighted by atomic mass is 10.3. The van der Waals surface area contributed by atoms with Gasteiger partial charge in [0.25, 0.3) is 11.6 Å². The van der Waals surface area contributed by atoms with Crippen LogP contribution in [0.25, 0.3) is 0 Å². The summed E-state index contributed by atoms with van der Waals surface area (Å²) in [6.07, 6.45) is 0. The van der Waals surface area contributed by atoms with Gasteiger partial charge in [-0.05, 0) is 18.2 Å². The van der Waals surface area contributed by atoms with Crippen LogP contribution in [-0.2, 0) is 4.79 Å². The van der Waals surface area contributed by atoms with Crippen LogP contribution in [0.3, 0.4) is 0 Å². The number of carbonyl (C=O) groups excluding carboxylic acids is 1. The first-order chi connectivity index (χ1) is 11.8. The quantitative estimate of drug-likeness (QED) is 0.431. The van der Waals surface area contributed by atoms with Crippen LogP contribution in [0, 0.1) is 10.1 Å². The predicted octanol–water partition coefficient (Wildman–Crippen LogP) is 4.58. The molecule has 0 heterocycles. The SMILES string of the molecule is COc1cc([N+](=O)[O-])ccc1OCC(=O)Nc1cc(Cl)c(Cl)cc1Cl. The Morgan fingerprint density at radius 2 is 1.80 bits per heavy atom. The summed E-state index contributed by atoms with van der Waals surface area (Å²) in [5.74, 6) is -0.196. The normalized spacial score (nSPS) is 10.2. The van der Waals surface area contributed by atoms with Gasteiger partial charge in [-0.15, -0.1) is 0 Å². The number of ether oxygens (including phenoxy) is 2. The molecule has 0 bridgehead atoms. The summed E-state index contributed by atoms with van der Waals surface area (Å²) in [6, 6.07) is 6.60. The third-order valence-electron chi connectivity index (χ3n) is 3.00. The largest absolute Gasteiger partial charge is 0.493 e. The molecule has 2 aromatic rings. The summed E-state index contributed by atoms with van der Waals surface area (Å²) in [4.78, 5) is 22.2. The number of halogens is 3. The Morgan fingerprint density at radius 3 is 2.44 bits per heavy atom. The van der Waals surface area contributed by atoms with Crippen molar-refractivity contribution in [3.63, 3.8) is 0 Å². The second-order valence-corrected chi connectivity index (χ2v) is 5.90. The van der Waals surface area contributed by atoms with Crippen LogP contribution in [0.2, 0.25) is 15.1 Å². The first kappa shape index (κ1) is 19.1. The van der Waals surface area contributed by atoms with Crippen molar-refractivity contribution in [1.82, 2.24) is 0 Å². The highest BCUT2D eigenvalue weighted by Crippen LogP contribution is 2.33. The van der Waals surface area contributed by atoms with Crippen LogP contribution >= 0.6 is 34.8 Å². The van der Waals surface area contributed by atoms with E-state index in [1.807, 2.05) is 0 Å². The Morgan fingerprint density at radius 1 is 1.12 bits per heavy atom. The van der Waals surface area contributed by atoms with Gasteiger partial charge in [0.05, 0.1) is 38.9 Å². The number of nitrogens with zero attached hydrogens (tertiary/aromatic N) is 1. The van der Waals surface area contributed by atoms with Crippen LogP contribution in [0.15, 0.2) is 30.3 Å². The molecule has 0 aromatic heterocycles. The number of nitro benzene ring substituents is 1. The van der Waals surface area contributed by atoms with Gasteiger partial charge in [-0.1, -0.05) is 34.8 Å². The Hall–Kier alpha value is -2.22. The van der Waals surface area contributed by atoms with Crippen molar-refractivity contribution >= 4 is 52.1 Å². The smallest absolute Gasteiger partial charge is 0.273 e. The fourth-order valence-electron chi connectivity index (χ4n) is 1.84. The molecule has 0 unspecified atom stereocenters. The van der Waals surface area contributed by atoms with E-state index in [1.165, 1.54) is 37.4 Å². The average molecular weight is 406 g/mol. The molecule has 7 nitrogen and oxygen atoms in total. The van der Waals surface area contributed by atoms with Crippen LogP contribution in [0.4, 0.5) is 11.4 Å². The lowest BCUT2D eigenvalue weighted by molar-refractivity contribution is -0.384. The molecule has 132 valence electrons. The molecular weight excluding hydrogens is 395 g/mol. The number of carbonyl (C=O) groups is 1. The number of hydrogen-bond donors (Lipinski definition) is 1. The number of amides is 1. The zero-order valence-electron chi connectivity index (χ0n) is 12.7. The van der Waals surface area contributed by atoms with E-state index in [0.717, 1.165) is 0 Å². The Labute approximate surface area is 157 Å². The molecule has 1 amide bonds. The van der Waals surface area contributed by atoms with Crippen molar-refractivity contribution in [1.29, 1.82) is 0 Å². The highest BCUT2D eigenvalue weighted by Gasteiger charge is 2.14. The van der Waals surface area contributed by atoms with E-state index in [0.29, 0.717) is 0 Å². The number of anilines is 1. The van der Waals surface area contributed by atoms with Crippen LogP contribution in [-0.4, -0.2) is 24.5 Å². The third-order valence-corrected chi connectivity index (χ3v) is 4.04. The second kappa shape index (κ2) is 8.24. The molecular formula is C15H11Cl3N2O5. The molecule has 1 N–H and O–H groups in total. The summed E-state index contributed by atoms with van der Waals surface area (Å²) in [6.45, 7) is -0.370. The molecule has 0 fully saturated rings. The predicted molar refractivity (Wildman–Crippen MR) is 95.2 cm³/mol. The molecule has 0 aliphatic carbocycles. The van der Waals surface area contributed by atoms with Crippen LogP contribution < -0.4 is 14.8 Å².